The molecule has 0 spiro atoms. The lowest BCUT2D eigenvalue weighted by Gasteiger charge is -2.56. The Morgan fingerprint density at radius 1 is 0.963 bits per heavy atom. The van der Waals surface area contributed by atoms with Gasteiger partial charge in [-0.3, -0.25) is 4.79 Å². The van der Waals surface area contributed by atoms with Crippen LogP contribution in [0.2, 0.25) is 0 Å². The molecule has 6 aliphatic rings. The van der Waals surface area contributed by atoms with E-state index in [1.807, 2.05) is 0 Å². The number of nitrogens with two attached hydrogens (primary N) is 1. The van der Waals surface area contributed by atoms with E-state index in [1.54, 1.807) is 7.11 Å². The highest BCUT2D eigenvalue weighted by atomic mass is 35.5. The van der Waals surface area contributed by atoms with Crippen molar-refractivity contribution in [3.05, 3.63) is 0 Å². The molecule has 2 N–H and O–H groups in total. The van der Waals surface area contributed by atoms with E-state index in [2.05, 4.69) is 43.6 Å². The van der Waals surface area contributed by atoms with E-state index >= 15 is 0 Å². The van der Waals surface area contributed by atoms with Crippen molar-refractivity contribution in [3.8, 4) is 0 Å². The minimum absolute atomic E-state index is 0. The predicted octanol–water partition coefficient (Wildman–Crippen LogP) is 5.02. The van der Waals surface area contributed by atoms with Gasteiger partial charge in [-0.25, -0.2) is 5.90 Å². The highest BCUT2D eigenvalue weighted by Crippen LogP contribution is 2.58. The van der Waals surface area contributed by atoms with Gasteiger partial charge in [0, 0.05) is 18.3 Å². The van der Waals surface area contributed by atoms with Crippen molar-refractivity contribution in [1.82, 2.24) is 0 Å². The molecule has 6 rings (SSSR count). The van der Waals surface area contributed by atoms with Gasteiger partial charge in [0.1, 0.15) is 12.9 Å². The van der Waals surface area contributed by atoms with Crippen molar-refractivity contribution >= 4 is 23.9 Å². The average molecular weight is 405 g/mol. The molecule has 0 aromatic heterocycles. The van der Waals surface area contributed by atoms with E-state index in [0.29, 0.717) is 28.4 Å². The van der Waals surface area contributed by atoms with Gasteiger partial charge in [0.15, 0.2) is 0 Å². The lowest BCUT2D eigenvalue weighted by molar-refractivity contribution is -0.148. The minimum atomic E-state index is 0. The van der Waals surface area contributed by atoms with Crippen LogP contribution in [-0.2, 0) is 14.5 Å². The molecule has 6 saturated carbocycles. The zero-order valence-corrected chi connectivity index (χ0v) is 18.0. The first kappa shape index (κ1) is 26.4. The number of Topliss-reactive ketones (excluding diaryl/α,β-unsaturated/α-hetero) is 1. The Balaban J connectivity index is 0.000000415. The monoisotopic (exact) mass is 404 g/mol. The predicted molar refractivity (Wildman–Crippen MR) is 114 cm³/mol. The molecule has 0 aliphatic heterocycles. The Kier molecular flexibility index (Phi) is 9.97. The van der Waals surface area contributed by atoms with Crippen LogP contribution in [0.5, 0.6) is 0 Å². The lowest BCUT2D eigenvalue weighted by atomic mass is 9.48. The summed E-state index contributed by atoms with van der Waals surface area (Å²) >= 11 is 0. The third-order valence-corrected chi connectivity index (χ3v) is 7.43. The SMILES string of the molecule is C.CC1(C)[C@H]2CCC(=O)[C@@H]1C2.CON.CON=C1CC[C@H]2C[C@@H]1C2(C)C.Cl. The summed E-state index contributed by atoms with van der Waals surface area (Å²) in [7, 11) is 3.05. The van der Waals surface area contributed by atoms with Gasteiger partial charge < -0.3 is 9.68 Å². The van der Waals surface area contributed by atoms with Crippen LogP contribution in [-0.4, -0.2) is 25.7 Å². The summed E-state index contributed by atoms with van der Waals surface area (Å²) in [5.41, 5.74) is 2.15. The maximum absolute atomic E-state index is 11.2. The highest BCUT2D eigenvalue weighted by molar-refractivity contribution is 5.89. The summed E-state index contributed by atoms with van der Waals surface area (Å²) in [6.45, 7) is 9.19. The number of ketones is 1. The first-order valence-corrected chi connectivity index (χ1v) is 9.55. The lowest BCUT2D eigenvalue weighted by Crippen LogP contribution is -2.52. The molecule has 0 unspecified atom stereocenters. The fourth-order valence-electron chi connectivity index (χ4n) is 5.34. The number of carbonyl (C=O) groups is 1. The summed E-state index contributed by atoms with van der Waals surface area (Å²) in [4.78, 5) is 19.9. The second kappa shape index (κ2) is 10.2. The Morgan fingerprint density at radius 2 is 1.41 bits per heavy atom. The van der Waals surface area contributed by atoms with E-state index in [-0.39, 0.29) is 19.8 Å². The molecule has 0 radical (unpaired) electrons. The van der Waals surface area contributed by atoms with Gasteiger partial charge in [-0.1, -0.05) is 40.3 Å². The smallest absolute Gasteiger partial charge is 0.136 e. The zero-order valence-electron chi connectivity index (χ0n) is 17.2. The van der Waals surface area contributed by atoms with Gasteiger partial charge in [0.2, 0.25) is 0 Å². The fourth-order valence-corrected chi connectivity index (χ4v) is 5.34. The molecule has 6 aliphatic carbocycles. The van der Waals surface area contributed by atoms with E-state index in [9.17, 15) is 4.79 Å². The first-order valence-electron chi connectivity index (χ1n) is 9.55. The van der Waals surface area contributed by atoms with Crippen molar-refractivity contribution in [3.63, 3.8) is 0 Å². The van der Waals surface area contributed by atoms with Crippen LogP contribution in [0, 0.1) is 34.5 Å². The van der Waals surface area contributed by atoms with Gasteiger partial charge in [0.05, 0.1) is 12.8 Å². The Morgan fingerprint density at radius 3 is 1.70 bits per heavy atom. The molecule has 0 aromatic rings. The second-order valence-electron chi connectivity index (χ2n) is 9.16. The third-order valence-electron chi connectivity index (χ3n) is 7.43. The Bertz CT molecular complexity index is 516. The number of carbonyl (C=O) groups excluding carboxylic acids is 1. The standard InChI is InChI=1S/C10H17NO.C9H14O.CH5NO.CH4.ClH/c1-10(2)7-4-5-9(11-12-3)8(10)6-7;1-9(2)6-3-4-8(10)7(9)5-6;1-3-2;;/h7-8H,4-6H2,1-3H3;6-7H,3-5H2,1-2H3;2H2,1H3;1H4;1H/t7-,8-;6-,7-;;;/m00.../s1. The number of hydrogen-bond acceptors (Lipinski definition) is 5. The van der Waals surface area contributed by atoms with Crippen LogP contribution >= 0.6 is 12.4 Å². The van der Waals surface area contributed by atoms with Crippen molar-refractivity contribution in [1.29, 1.82) is 0 Å². The number of rotatable bonds is 1. The maximum Gasteiger partial charge on any atom is 0.136 e. The highest BCUT2D eigenvalue weighted by Gasteiger charge is 2.54. The molecule has 0 amide bonds. The van der Waals surface area contributed by atoms with E-state index < -0.39 is 0 Å². The summed E-state index contributed by atoms with van der Waals surface area (Å²) in [5.74, 6) is 7.79. The van der Waals surface area contributed by atoms with Crippen molar-refractivity contribution in [2.45, 2.75) is 73.6 Å². The normalized spacial score (nSPS) is 34.6. The van der Waals surface area contributed by atoms with Gasteiger partial charge >= 0.3 is 0 Å². The molecule has 0 aromatic carbocycles. The molecule has 4 bridgehead atoms. The summed E-state index contributed by atoms with van der Waals surface area (Å²) in [6.07, 6.45) is 7.01. The molecule has 160 valence electrons. The largest absolute Gasteiger partial charge is 0.399 e. The van der Waals surface area contributed by atoms with Gasteiger partial charge in [0.25, 0.3) is 0 Å². The molecule has 6 fully saturated rings. The molecule has 27 heavy (non-hydrogen) atoms. The first-order chi connectivity index (χ1) is 11.7. The number of hydrogen-bond donors (Lipinski definition) is 1. The van der Waals surface area contributed by atoms with Crippen LogP contribution in [0.15, 0.2) is 5.16 Å². The Labute approximate surface area is 172 Å². The topological polar surface area (TPSA) is 73.9 Å². The summed E-state index contributed by atoms with van der Waals surface area (Å²) in [5, 5.41) is 4.11. The molecule has 0 heterocycles. The van der Waals surface area contributed by atoms with E-state index in [4.69, 9.17) is 4.84 Å². The van der Waals surface area contributed by atoms with Gasteiger partial charge in [-0.05, 0) is 54.8 Å². The number of halogens is 1. The van der Waals surface area contributed by atoms with Crippen molar-refractivity contribution in [2.24, 2.45) is 45.6 Å². The van der Waals surface area contributed by atoms with Crippen LogP contribution in [0.25, 0.3) is 0 Å². The van der Waals surface area contributed by atoms with Crippen LogP contribution in [0.4, 0.5) is 0 Å². The molecular weight excluding hydrogens is 364 g/mol. The van der Waals surface area contributed by atoms with Crippen molar-refractivity contribution < 1.29 is 14.5 Å². The number of nitrogens with zero attached hydrogens (tertiary/aromatic N) is 1. The average Bonchev–Trinajstić information content (AvgIpc) is 2.56. The van der Waals surface area contributed by atoms with E-state index in [1.165, 1.54) is 32.1 Å². The quantitative estimate of drug-likeness (QED) is 0.622. The zero-order chi connectivity index (χ0) is 18.8. The van der Waals surface area contributed by atoms with Crippen LogP contribution in [0.3, 0.4) is 0 Å². The maximum atomic E-state index is 11.2. The molecule has 4 atom stereocenters. The Hall–Kier alpha value is -0.650. The number of fused-ring (bicyclic) bond motifs is 4. The third kappa shape index (κ3) is 5.04. The number of oxime groups is 1. The molecule has 0 saturated heterocycles. The van der Waals surface area contributed by atoms with Gasteiger partial charge in [-0.2, -0.15) is 0 Å². The molecular formula is C21H41ClN2O3. The van der Waals surface area contributed by atoms with Crippen LogP contribution in [0.1, 0.15) is 73.6 Å². The summed E-state index contributed by atoms with van der Waals surface area (Å²) in [6, 6.07) is 0. The van der Waals surface area contributed by atoms with Gasteiger partial charge in [-0.15, -0.1) is 12.4 Å². The van der Waals surface area contributed by atoms with Crippen LogP contribution < -0.4 is 5.90 Å². The summed E-state index contributed by atoms with van der Waals surface area (Å²) < 4.78 is 0. The van der Waals surface area contributed by atoms with Crippen molar-refractivity contribution in [2.75, 3.05) is 14.2 Å². The van der Waals surface area contributed by atoms with E-state index in [0.717, 1.165) is 31.1 Å². The second-order valence-corrected chi connectivity index (χ2v) is 9.16. The molecule has 6 heteroatoms. The molecule has 5 nitrogen and oxygen atoms in total. The fraction of sp³-hybridized carbons (Fsp3) is 0.905. The minimum Gasteiger partial charge on any atom is -0.399 e.